The van der Waals surface area contributed by atoms with Crippen molar-refractivity contribution >= 4 is 28.4 Å². The van der Waals surface area contributed by atoms with Crippen LogP contribution in [0.5, 0.6) is 0 Å². The Morgan fingerprint density at radius 1 is 1.50 bits per heavy atom. The number of amides is 1. The number of aryl methyl sites for hydroxylation is 1. The molecular formula is C20H24N5O3+. The Bertz CT molecular complexity index is 1130. The lowest BCUT2D eigenvalue weighted by Crippen LogP contribution is -2.46. The van der Waals surface area contributed by atoms with E-state index in [1.54, 1.807) is 22.9 Å². The van der Waals surface area contributed by atoms with Gasteiger partial charge in [-0.3, -0.25) is 14.0 Å². The fourth-order valence-electron chi connectivity index (χ4n) is 3.72. The summed E-state index contributed by atoms with van der Waals surface area (Å²) < 4.78 is 9.02. The van der Waals surface area contributed by atoms with E-state index in [9.17, 15) is 9.59 Å². The van der Waals surface area contributed by atoms with Gasteiger partial charge in [0.2, 0.25) is 11.5 Å². The molecule has 0 bridgehead atoms. The fourth-order valence-corrected chi connectivity index (χ4v) is 3.72. The highest BCUT2D eigenvalue weighted by atomic mass is 16.5. The lowest BCUT2D eigenvalue weighted by Gasteiger charge is -2.15. The van der Waals surface area contributed by atoms with Crippen molar-refractivity contribution in [1.29, 1.82) is 0 Å². The molecule has 3 N–H and O–H groups in total. The summed E-state index contributed by atoms with van der Waals surface area (Å²) in [5.74, 6) is -0.0180. The molecule has 0 saturated carbocycles. The van der Waals surface area contributed by atoms with E-state index in [-0.39, 0.29) is 23.1 Å². The molecule has 28 heavy (non-hydrogen) atoms. The Labute approximate surface area is 161 Å². The van der Waals surface area contributed by atoms with Gasteiger partial charge in [-0.1, -0.05) is 11.1 Å². The van der Waals surface area contributed by atoms with E-state index < -0.39 is 0 Å². The predicted molar refractivity (Wildman–Crippen MR) is 105 cm³/mol. The largest absolute Gasteiger partial charge is 0.375 e. The highest BCUT2D eigenvalue weighted by Gasteiger charge is 2.27. The summed E-state index contributed by atoms with van der Waals surface area (Å²) in [6.45, 7) is 5.37. The monoisotopic (exact) mass is 382 g/mol. The zero-order chi connectivity index (χ0) is 19.8. The van der Waals surface area contributed by atoms with Crippen LogP contribution in [-0.4, -0.2) is 34.5 Å². The van der Waals surface area contributed by atoms with Crippen LogP contribution < -0.4 is 21.2 Å². The van der Waals surface area contributed by atoms with Crippen molar-refractivity contribution in [3.05, 3.63) is 45.9 Å². The molecule has 8 nitrogen and oxygen atoms in total. The number of carbonyl (C=O) groups is 1. The molecule has 0 aromatic carbocycles. The minimum Gasteiger partial charge on any atom is -0.375 e. The van der Waals surface area contributed by atoms with Crippen LogP contribution in [0.4, 0.5) is 5.82 Å². The third kappa shape index (κ3) is 2.99. The van der Waals surface area contributed by atoms with Crippen LogP contribution in [0.15, 0.2) is 29.2 Å². The van der Waals surface area contributed by atoms with E-state index in [0.29, 0.717) is 42.2 Å². The third-order valence-electron chi connectivity index (χ3n) is 5.17. The first-order valence-electron chi connectivity index (χ1n) is 9.55. The zero-order valence-electron chi connectivity index (χ0n) is 16.1. The maximum absolute atomic E-state index is 13.2. The SMILES string of the molecule is CCNC(=O)c1cc2c(=O)n3cccc(C)c3nc2[n+](C[C@@H]2CCCO2)c1N. The molecule has 0 radical (unpaired) electrons. The first kappa shape index (κ1) is 18.4. The van der Waals surface area contributed by atoms with Gasteiger partial charge in [0.1, 0.15) is 10.9 Å². The van der Waals surface area contributed by atoms with Gasteiger partial charge < -0.3 is 15.8 Å². The highest BCUT2D eigenvalue weighted by molar-refractivity contribution is 6.00. The van der Waals surface area contributed by atoms with Gasteiger partial charge in [-0.05, 0) is 38.8 Å². The van der Waals surface area contributed by atoms with Gasteiger partial charge >= 0.3 is 0 Å². The number of nitrogens with zero attached hydrogens (tertiary/aromatic N) is 3. The van der Waals surface area contributed by atoms with E-state index in [2.05, 4.69) is 5.32 Å². The molecule has 0 aliphatic carbocycles. The van der Waals surface area contributed by atoms with Crippen LogP contribution in [0.25, 0.3) is 16.7 Å². The van der Waals surface area contributed by atoms with Crippen molar-refractivity contribution in [3.8, 4) is 0 Å². The number of ether oxygens (including phenoxy) is 1. The minimum absolute atomic E-state index is 0.0166. The predicted octanol–water partition coefficient (Wildman–Crippen LogP) is 0.955. The van der Waals surface area contributed by atoms with Crippen LogP contribution >= 0.6 is 0 Å². The summed E-state index contributed by atoms with van der Waals surface area (Å²) >= 11 is 0. The Balaban J connectivity index is 2.04. The molecule has 1 amide bonds. The second-order valence-electron chi connectivity index (χ2n) is 7.09. The molecule has 146 valence electrons. The second-order valence-corrected chi connectivity index (χ2v) is 7.09. The summed E-state index contributed by atoms with van der Waals surface area (Å²) in [7, 11) is 0. The average molecular weight is 382 g/mol. The lowest BCUT2D eigenvalue weighted by molar-refractivity contribution is -0.666. The topological polar surface area (TPSA) is 103 Å². The smallest absolute Gasteiger partial charge is 0.278 e. The Morgan fingerprint density at radius 2 is 2.32 bits per heavy atom. The third-order valence-corrected chi connectivity index (χ3v) is 5.17. The summed E-state index contributed by atoms with van der Waals surface area (Å²) in [5.41, 5.74) is 8.37. The minimum atomic E-state index is -0.309. The van der Waals surface area contributed by atoms with Crippen LogP contribution in [0.3, 0.4) is 0 Å². The molecule has 1 aliphatic rings. The number of hydrogen-bond donors (Lipinski definition) is 2. The van der Waals surface area contributed by atoms with E-state index in [1.165, 1.54) is 4.40 Å². The molecule has 0 spiro atoms. The van der Waals surface area contributed by atoms with Crippen molar-refractivity contribution in [3.63, 3.8) is 0 Å². The van der Waals surface area contributed by atoms with E-state index in [4.69, 9.17) is 15.5 Å². The van der Waals surface area contributed by atoms with Gasteiger partial charge in [0.05, 0.1) is 12.6 Å². The number of aromatic nitrogens is 3. The maximum Gasteiger partial charge on any atom is 0.278 e. The molecule has 1 saturated heterocycles. The van der Waals surface area contributed by atoms with Crippen molar-refractivity contribution in [2.24, 2.45) is 0 Å². The van der Waals surface area contributed by atoms with Crippen molar-refractivity contribution in [2.75, 3.05) is 18.9 Å². The van der Waals surface area contributed by atoms with Crippen molar-refractivity contribution < 1.29 is 14.1 Å². The van der Waals surface area contributed by atoms with Crippen molar-refractivity contribution in [1.82, 2.24) is 14.7 Å². The number of nitrogen functional groups attached to an aromatic ring is 1. The number of nitrogens with one attached hydrogen (secondary N) is 1. The van der Waals surface area contributed by atoms with Crippen LogP contribution in [-0.2, 0) is 11.3 Å². The summed E-state index contributed by atoms with van der Waals surface area (Å²) in [6, 6.07) is 5.26. The van der Waals surface area contributed by atoms with Crippen molar-refractivity contribution in [2.45, 2.75) is 39.3 Å². The van der Waals surface area contributed by atoms with E-state index >= 15 is 0 Å². The lowest BCUT2D eigenvalue weighted by atomic mass is 10.1. The molecule has 0 unspecified atom stereocenters. The maximum atomic E-state index is 13.2. The Kier molecular flexibility index (Phi) is 4.72. The first-order valence-corrected chi connectivity index (χ1v) is 9.55. The van der Waals surface area contributed by atoms with Gasteiger partial charge in [-0.25, -0.2) is 4.57 Å². The molecule has 1 fully saturated rings. The molecule has 8 heteroatoms. The van der Waals surface area contributed by atoms with Crippen LogP contribution in [0, 0.1) is 6.92 Å². The number of pyridine rings is 2. The molecule has 1 atom stereocenters. The Morgan fingerprint density at radius 3 is 3.04 bits per heavy atom. The van der Waals surface area contributed by atoms with Gasteiger partial charge in [0.25, 0.3) is 17.1 Å². The van der Waals surface area contributed by atoms with E-state index in [0.717, 1.165) is 18.4 Å². The molecular weight excluding hydrogens is 358 g/mol. The Hall–Kier alpha value is -3.00. The number of hydrogen-bond acceptors (Lipinski definition) is 5. The number of carbonyl (C=O) groups excluding carboxylic acids is 1. The molecule has 4 rings (SSSR count). The van der Waals surface area contributed by atoms with E-state index in [1.807, 2.05) is 19.9 Å². The number of nitrogens with two attached hydrogens (primary N) is 1. The quantitative estimate of drug-likeness (QED) is 0.517. The normalized spacial score (nSPS) is 16.7. The highest BCUT2D eigenvalue weighted by Crippen LogP contribution is 2.18. The van der Waals surface area contributed by atoms with Gasteiger partial charge in [0.15, 0.2) is 0 Å². The van der Waals surface area contributed by atoms with Gasteiger partial charge in [0, 0.05) is 24.9 Å². The number of rotatable bonds is 4. The average Bonchev–Trinajstić information content (AvgIpc) is 3.18. The summed E-state index contributed by atoms with van der Waals surface area (Å²) in [4.78, 5) is 30.5. The van der Waals surface area contributed by atoms with Gasteiger partial charge in [-0.15, -0.1) is 0 Å². The standard InChI is InChI=1S/C20H23N5O3/c1-3-22-19(26)14-10-15-18(25(16(14)21)11-13-7-5-9-28-13)23-17-12(2)6-4-8-24(17)20(15)27/h4,6,8,10,13,21H,3,5,7,9,11H2,1-2H3,(H,22,26)/p+1/t13-/m0/s1. The first-order chi connectivity index (χ1) is 13.5. The van der Waals surface area contributed by atoms with Gasteiger partial charge in [-0.2, -0.15) is 0 Å². The molecule has 3 aromatic rings. The van der Waals surface area contributed by atoms with Crippen LogP contribution in [0.2, 0.25) is 0 Å². The summed E-state index contributed by atoms with van der Waals surface area (Å²) in [6.07, 6.45) is 3.56. The molecule has 1 aliphatic heterocycles. The number of fused-ring (bicyclic) bond motifs is 2. The fraction of sp³-hybridized carbons (Fsp3) is 0.400. The zero-order valence-corrected chi connectivity index (χ0v) is 16.1. The summed E-state index contributed by atoms with van der Waals surface area (Å²) in [5, 5.41) is 3.12. The molecule has 3 aromatic heterocycles. The second kappa shape index (κ2) is 7.20. The molecule has 4 heterocycles. The van der Waals surface area contributed by atoms with Crippen LogP contribution in [0.1, 0.15) is 35.7 Å². The number of anilines is 1.